The number of hydrogen-bond acceptors (Lipinski definition) is 5. The van der Waals surface area contributed by atoms with E-state index in [0.29, 0.717) is 18.0 Å². The fourth-order valence-electron chi connectivity index (χ4n) is 1.48. The summed E-state index contributed by atoms with van der Waals surface area (Å²) in [5.74, 6) is -1.21. The number of carboxylic acid groups (broad SMARTS) is 1. The van der Waals surface area contributed by atoms with Gasteiger partial charge in [0.25, 0.3) is 0 Å². The van der Waals surface area contributed by atoms with Crippen LogP contribution in [-0.4, -0.2) is 26.8 Å². The van der Waals surface area contributed by atoms with E-state index in [1.165, 1.54) is 16.9 Å². The van der Waals surface area contributed by atoms with Crippen LogP contribution in [0.1, 0.15) is 16.3 Å². The molecule has 0 aliphatic heterocycles. The van der Waals surface area contributed by atoms with Crippen LogP contribution in [-0.2, 0) is 17.9 Å². The van der Waals surface area contributed by atoms with E-state index in [2.05, 4.69) is 10.4 Å². The first-order chi connectivity index (χ1) is 9.04. The van der Waals surface area contributed by atoms with Gasteiger partial charge in [0, 0.05) is 6.20 Å². The van der Waals surface area contributed by atoms with Crippen molar-refractivity contribution in [1.29, 1.82) is 0 Å². The van der Waals surface area contributed by atoms with E-state index >= 15 is 0 Å². The van der Waals surface area contributed by atoms with Crippen LogP contribution in [0.3, 0.4) is 0 Å². The van der Waals surface area contributed by atoms with Crippen molar-refractivity contribution < 1.29 is 19.1 Å². The number of nitrogens with zero attached hydrogens (tertiary/aromatic N) is 2. The summed E-state index contributed by atoms with van der Waals surface area (Å²) in [5, 5.41) is 15.6. The van der Waals surface area contributed by atoms with Crippen molar-refractivity contribution in [3.8, 4) is 0 Å². The number of anilines is 1. The van der Waals surface area contributed by atoms with Gasteiger partial charge < -0.3 is 20.6 Å². The van der Waals surface area contributed by atoms with Crippen molar-refractivity contribution in [2.24, 2.45) is 5.73 Å². The molecule has 2 rings (SSSR count). The molecule has 0 aliphatic rings. The van der Waals surface area contributed by atoms with Crippen LogP contribution in [0.25, 0.3) is 0 Å². The smallest absolute Gasteiger partial charge is 0.371 e. The molecule has 0 saturated carbocycles. The summed E-state index contributed by atoms with van der Waals surface area (Å²) in [5.41, 5.74) is 5.71. The normalized spacial score (nSPS) is 10.3. The van der Waals surface area contributed by atoms with Gasteiger partial charge in [0.2, 0.25) is 11.7 Å². The van der Waals surface area contributed by atoms with Crippen LogP contribution in [0.5, 0.6) is 0 Å². The molecule has 0 aliphatic carbocycles. The third kappa shape index (κ3) is 3.35. The van der Waals surface area contributed by atoms with Crippen LogP contribution in [0.2, 0.25) is 0 Å². The largest absolute Gasteiger partial charge is 0.475 e. The Morgan fingerprint density at radius 2 is 2.26 bits per heavy atom. The third-order valence-corrected chi connectivity index (χ3v) is 2.29. The first kappa shape index (κ1) is 12.7. The van der Waals surface area contributed by atoms with Crippen molar-refractivity contribution in [2.75, 3.05) is 5.32 Å². The number of furan rings is 1. The Balaban J connectivity index is 1.92. The van der Waals surface area contributed by atoms with Crippen molar-refractivity contribution >= 4 is 17.6 Å². The molecule has 0 unspecified atom stereocenters. The third-order valence-electron chi connectivity index (χ3n) is 2.29. The van der Waals surface area contributed by atoms with Crippen molar-refractivity contribution in [3.05, 3.63) is 36.0 Å². The van der Waals surface area contributed by atoms with Gasteiger partial charge in [-0.3, -0.25) is 9.48 Å². The average Bonchev–Trinajstić information content (AvgIpc) is 2.94. The Morgan fingerprint density at radius 1 is 1.47 bits per heavy atom. The minimum atomic E-state index is -1.11. The molecule has 0 radical (unpaired) electrons. The van der Waals surface area contributed by atoms with Gasteiger partial charge in [0.15, 0.2) is 0 Å². The Bertz CT molecular complexity index is 601. The lowest BCUT2D eigenvalue weighted by molar-refractivity contribution is -0.118. The SMILES string of the molecule is NC(=O)Cn1cc(NCc2ccc(C(=O)O)o2)cn1. The highest BCUT2D eigenvalue weighted by molar-refractivity contribution is 5.84. The van der Waals surface area contributed by atoms with Gasteiger partial charge in [-0.2, -0.15) is 5.10 Å². The van der Waals surface area contributed by atoms with E-state index in [0.717, 1.165) is 0 Å². The first-order valence-electron chi connectivity index (χ1n) is 5.41. The van der Waals surface area contributed by atoms with Crippen molar-refractivity contribution in [1.82, 2.24) is 9.78 Å². The van der Waals surface area contributed by atoms with Crippen LogP contribution < -0.4 is 11.1 Å². The minimum Gasteiger partial charge on any atom is -0.475 e. The summed E-state index contributed by atoms with van der Waals surface area (Å²) in [4.78, 5) is 21.3. The zero-order chi connectivity index (χ0) is 13.8. The van der Waals surface area contributed by atoms with E-state index in [4.69, 9.17) is 15.3 Å². The molecule has 2 aromatic heterocycles. The maximum absolute atomic E-state index is 10.7. The van der Waals surface area contributed by atoms with E-state index in [1.807, 2.05) is 0 Å². The zero-order valence-electron chi connectivity index (χ0n) is 9.87. The number of primary amides is 1. The Morgan fingerprint density at radius 3 is 2.89 bits per heavy atom. The molecule has 8 heteroatoms. The number of nitrogens with two attached hydrogens (primary N) is 1. The van der Waals surface area contributed by atoms with Crippen LogP contribution in [0.15, 0.2) is 28.9 Å². The summed E-state index contributed by atoms with van der Waals surface area (Å²) in [6.07, 6.45) is 3.15. The Hall–Kier alpha value is -2.77. The number of amides is 1. The summed E-state index contributed by atoms with van der Waals surface area (Å²) in [7, 11) is 0. The molecule has 1 amide bonds. The number of rotatable bonds is 6. The van der Waals surface area contributed by atoms with E-state index in [-0.39, 0.29) is 12.3 Å². The highest BCUT2D eigenvalue weighted by Crippen LogP contribution is 2.11. The molecule has 8 nitrogen and oxygen atoms in total. The van der Waals surface area contributed by atoms with E-state index < -0.39 is 11.9 Å². The lowest BCUT2D eigenvalue weighted by Gasteiger charge is -1.99. The standard InChI is InChI=1S/C11H12N4O4/c12-10(16)6-15-5-7(3-14-15)13-4-8-1-2-9(19-8)11(17)18/h1-3,5,13H,4,6H2,(H2,12,16)(H,17,18). The molecule has 0 bridgehead atoms. The van der Waals surface area contributed by atoms with E-state index in [9.17, 15) is 9.59 Å². The molecule has 2 heterocycles. The quantitative estimate of drug-likeness (QED) is 0.688. The number of carbonyl (C=O) groups is 2. The number of hydrogen-bond donors (Lipinski definition) is 3. The van der Waals surface area contributed by atoms with Crippen LogP contribution in [0, 0.1) is 0 Å². The first-order valence-corrected chi connectivity index (χ1v) is 5.41. The van der Waals surface area contributed by atoms with Crippen LogP contribution in [0.4, 0.5) is 5.69 Å². The monoisotopic (exact) mass is 264 g/mol. The lowest BCUT2D eigenvalue weighted by Crippen LogP contribution is -2.18. The highest BCUT2D eigenvalue weighted by Gasteiger charge is 2.09. The molecule has 100 valence electrons. The number of aromatic nitrogens is 2. The zero-order valence-corrected chi connectivity index (χ0v) is 9.87. The second-order valence-corrected chi connectivity index (χ2v) is 3.82. The maximum atomic E-state index is 10.7. The van der Waals surface area contributed by atoms with Crippen LogP contribution >= 0.6 is 0 Å². The molecule has 0 aromatic carbocycles. The molecule has 4 N–H and O–H groups in total. The summed E-state index contributed by atoms with van der Waals surface area (Å²) in [6, 6.07) is 2.96. The topological polar surface area (TPSA) is 123 Å². The fourth-order valence-corrected chi connectivity index (χ4v) is 1.48. The average molecular weight is 264 g/mol. The fraction of sp³-hybridized carbons (Fsp3) is 0.182. The Labute approximate surface area is 107 Å². The molecule has 19 heavy (non-hydrogen) atoms. The minimum absolute atomic E-state index is 0.00555. The van der Waals surface area contributed by atoms with Gasteiger partial charge in [0.1, 0.15) is 12.3 Å². The lowest BCUT2D eigenvalue weighted by atomic mass is 10.4. The summed E-state index contributed by atoms with van der Waals surface area (Å²) in [6.45, 7) is 0.321. The molecule has 0 saturated heterocycles. The van der Waals surface area contributed by atoms with Crippen molar-refractivity contribution in [2.45, 2.75) is 13.1 Å². The molecular formula is C11H12N4O4. The van der Waals surface area contributed by atoms with Crippen molar-refractivity contribution in [3.63, 3.8) is 0 Å². The van der Waals surface area contributed by atoms with Gasteiger partial charge in [-0.15, -0.1) is 0 Å². The second-order valence-electron chi connectivity index (χ2n) is 3.82. The van der Waals surface area contributed by atoms with Gasteiger partial charge in [-0.25, -0.2) is 4.79 Å². The molecule has 0 fully saturated rings. The predicted molar refractivity (Wildman–Crippen MR) is 64.4 cm³/mol. The molecule has 0 atom stereocenters. The number of carbonyl (C=O) groups excluding carboxylic acids is 1. The second kappa shape index (κ2) is 5.25. The highest BCUT2D eigenvalue weighted by atomic mass is 16.4. The molecule has 2 aromatic rings. The molecule has 0 spiro atoms. The number of carboxylic acids is 1. The molecular weight excluding hydrogens is 252 g/mol. The Kier molecular flexibility index (Phi) is 3.51. The van der Waals surface area contributed by atoms with E-state index in [1.54, 1.807) is 12.3 Å². The number of nitrogens with one attached hydrogen (secondary N) is 1. The summed E-state index contributed by atoms with van der Waals surface area (Å²) >= 11 is 0. The number of aromatic carboxylic acids is 1. The van der Waals surface area contributed by atoms with Gasteiger partial charge >= 0.3 is 5.97 Å². The van der Waals surface area contributed by atoms with Gasteiger partial charge in [-0.05, 0) is 12.1 Å². The predicted octanol–water partition coefficient (Wildman–Crippen LogP) is 0.272. The van der Waals surface area contributed by atoms with Gasteiger partial charge in [0.05, 0.1) is 18.4 Å². The maximum Gasteiger partial charge on any atom is 0.371 e. The summed E-state index contributed by atoms with van der Waals surface area (Å²) < 4.78 is 6.47. The van der Waals surface area contributed by atoms with Gasteiger partial charge in [-0.1, -0.05) is 0 Å².